The molecular weight excluding hydrogens is 324 g/mol. The number of thiocarbonyl (C=S) groups is 1. The maximum atomic E-state index is 12.3. The van der Waals surface area contributed by atoms with Gasteiger partial charge in [0.15, 0.2) is 5.11 Å². The van der Waals surface area contributed by atoms with Gasteiger partial charge in [-0.05, 0) is 74.4 Å². The van der Waals surface area contributed by atoms with Crippen LogP contribution in [0.4, 0.5) is 5.69 Å². The largest absolute Gasteiger partial charge is 0.506 e. The maximum absolute atomic E-state index is 12.3. The van der Waals surface area contributed by atoms with Crippen LogP contribution in [0.15, 0.2) is 36.4 Å². The minimum Gasteiger partial charge on any atom is -0.506 e. The average Bonchev–Trinajstić information content (AvgIpc) is 2.53. The maximum Gasteiger partial charge on any atom is 0.257 e. The molecule has 24 heavy (non-hydrogen) atoms. The summed E-state index contributed by atoms with van der Waals surface area (Å²) in [6, 6.07) is 10.3. The number of carbonyl (C=O) groups is 1. The van der Waals surface area contributed by atoms with Crippen molar-refractivity contribution in [2.24, 2.45) is 0 Å². The van der Waals surface area contributed by atoms with Crippen molar-refractivity contribution in [2.75, 3.05) is 11.9 Å². The number of hydrogen-bond acceptors (Lipinski definition) is 4. The molecule has 1 amide bonds. The second-order valence-corrected chi connectivity index (χ2v) is 5.73. The number of amides is 1. The Bertz CT molecular complexity index is 775. The number of ether oxygens (including phenoxy) is 1. The lowest BCUT2D eigenvalue weighted by molar-refractivity contribution is 0.0977. The van der Waals surface area contributed by atoms with Gasteiger partial charge in [0.25, 0.3) is 5.91 Å². The number of benzene rings is 2. The summed E-state index contributed by atoms with van der Waals surface area (Å²) >= 11 is 5.15. The Hall–Kier alpha value is -2.60. The van der Waals surface area contributed by atoms with Gasteiger partial charge >= 0.3 is 0 Å². The van der Waals surface area contributed by atoms with Gasteiger partial charge in [-0.25, -0.2) is 0 Å². The third-order valence-electron chi connectivity index (χ3n) is 3.49. The summed E-state index contributed by atoms with van der Waals surface area (Å²) in [5.41, 5.74) is 2.87. The molecule has 0 aromatic heterocycles. The fourth-order valence-corrected chi connectivity index (χ4v) is 2.33. The smallest absolute Gasteiger partial charge is 0.257 e. The molecule has 2 rings (SSSR count). The van der Waals surface area contributed by atoms with Gasteiger partial charge in [0, 0.05) is 5.56 Å². The van der Waals surface area contributed by atoms with Gasteiger partial charge in [0.2, 0.25) is 0 Å². The first kappa shape index (κ1) is 17.7. The lowest BCUT2D eigenvalue weighted by Crippen LogP contribution is -2.34. The Labute approximate surface area is 146 Å². The molecule has 0 saturated heterocycles. The van der Waals surface area contributed by atoms with Crippen LogP contribution in [0.3, 0.4) is 0 Å². The molecule has 0 fully saturated rings. The molecule has 0 heterocycles. The van der Waals surface area contributed by atoms with E-state index in [0.29, 0.717) is 23.6 Å². The molecule has 0 saturated carbocycles. The minimum atomic E-state index is -0.350. The van der Waals surface area contributed by atoms with Crippen LogP contribution < -0.4 is 15.4 Å². The third-order valence-corrected chi connectivity index (χ3v) is 3.70. The van der Waals surface area contributed by atoms with Gasteiger partial charge in [-0.1, -0.05) is 6.07 Å². The summed E-state index contributed by atoms with van der Waals surface area (Å²) in [5.74, 6) is 0.348. The molecule has 3 N–H and O–H groups in total. The fourth-order valence-electron chi connectivity index (χ4n) is 2.12. The predicted octanol–water partition coefficient (Wildman–Crippen LogP) is 3.53. The summed E-state index contributed by atoms with van der Waals surface area (Å²) in [4.78, 5) is 12.3. The lowest BCUT2D eigenvalue weighted by Gasteiger charge is -2.13. The first-order chi connectivity index (χ1) is 11.4. The van der Waals surface area contributed by atoms with E-state index in [1.165, 1.54) is 0 Å². The Balaban J connectivity index is 2.05. The monoisotopic (exact) mass is 344 g/mol. The van der Waals surface area contributed by atoms with Crippen LogP contribution in [0.2, 0.25) is 0 Å². The fraction of sp³-hybridized carbons (Fsp3) is 0.222. The number of rotatable bonds is 4. The number of anilines is 1. The van der Waals surface area contributed by atoms with Crippen molar-refractivity contribution in [1.29, 1.82) is 0 Å². The van der Waals surface area contributed by atoms with Crippen LogP contribution in [0, 0.1) is 13.8 Å². The third kappa shape index (κ3) is 4.45. The SMILES string of the molecule is CCOc1cccc(C(=O)NC(=S)Nc2cc(C)c(C)cc2O)c1. The summed E-state index contributed by atoms with van der Waals surface area (Å²) in [6.07, 6.45) is 0. The lowest BCUT2D eigenvalue weighted by atomic mass is 10.1. The highest BCUT2D eigenvalue weighted by atomic mass is 32.1. The number of nitrogens with one attached hydrogen (secondary N) is 2. The second kappa shape index (κ2) is 7.79. The van der Waals surface area contributed by atoms with E-state index >= 15 is 0 Å². The van der Waals surface area contributed by atoms with Gasteiger partial charge in [-0.2, -0.15) is 0 Å². The minimum absolute atomic E-state index is 0.0769. The standard InChI is InChI=1S/C18H20N2O3S/c1-4-23-14-7-5-6-13(10-14)17(22)20-18(24)19-15-8-11(2)12(3)9-16(15)21/h5-10,21H,4H2,1-3H3,(H2,19,20,22,24). The van der Waals surface area contributed by atoms with Crippen LogP contribution >= 0.6 is 12.2 Å². The molecule has 0 bridgehead atoms. The highest BCUT2D eigenvalue weighted by molar-refractivity contribution is 7.80. The topological polar surface area (TPSA) is 70.6 Å². The Morgan fingerprint density at radius 1 is 1.21 bits per heavy atom. The van der Waals surface area contributed by atoms with E-state index in [2.05, 4.69) is 10.6 Å². The van der Waals surface area contributed by atoms with Crippen LogP contribution in [0.5, 0.6) is 11.5 Å². The Morgan fingerprint density at radius 3 is 2.62 bits per heavy atom. The highest BCUT2D eigenvalue weighted by Gasteiger charge is 2.11. The first-order valence-corrected chi connectivity index (χ1v) is 7.97. The van der Waals surface area contributed by atoms with Crippen molar-refractivity contribution < 1.29 is 14.6 Å². The van der Waals surface area contributed by atoms with Gasteiger partial charge in [-0.3, -0.25) is 10.1 Å². The van der Waals surface area contributed by atoms with Gasteiger partial charge in [0.05, 0.1) is 12.3 Å². The first-order valence-electron chi connectivity index (χ1n) is 7.56. The number of aromatic hydroxyl groups is 1. The number of hydrogen-bond donors (Lipinski definition) is 3. The zero-order valence-electron chi connectivity index (χ0n) is 13.8. The number of carbonyl (C=O) groups excluding carboxylic acids is 1. The van der Waals surface area contributed by atoms with Crippen LogP contribution in [-0.4, -0.2) is 22.7 Å². The molecule has 0 atom stereocenters. The summed E-state index contributed by atoms with van der Waals surface area (Å²) < 4.78 is 5.38. The average molecular weight is 344 g/mol. The normalized spacial score (nSPS) is 10.1. The van der Waals surface area contributed by atoms with Crippen molar-refractivity contribution in [3.05, 3.63) is 53.1 Å². The summed E-state index contributed by atoms with van der Waals surface area (Å²) in [7, 11) is 0. The zero-order valence-corrected chi connectivity index (χ0v) is 14.7. The van der Waals surface area contributed by atoms with E-state index < -0.39 is 0 Å². The van der Waals surface area contributed by atoms with Crippen molar-refractivity contribution >= 4 is 28.9 Å². The molecule has 0 aliphatic rings. The molecule has 0 aliphatic carbocycles. The van der Waals surface area contributed by atoms with Crippen molar-refractivity contribution in [3.63, 3.8) is 0 Å². The van der Waals surface area contributed by atoms with E-state index in [0.717, 1.165) is 11.1 Å². The predicted molar refractivity (Wildman–Crippen MR) is 98.9 cm³/mol. The molecular formula is C18H20N2O3S. The van der Waals surface area contributed by atoms with Crippen LogP contribution in [-0.2, 0) is 0 Å². The Kier molecular flexibility index (Phi) is 5.76. The van der Waals surface area contributed by atoms with E-state index in [-0.39, 0.29) is 16.8 Å². The molecule has 2 aromatic rings. The van der Waals surface area contributed by atoms with E-state index in [4.69, 9.17) is 17.0 Å². The van der Waals surface area contributed by atoms with Crippen LogP contribution in [0.1, 0.15) is 28.4 Å². The quantitative estimate of drug-likeness (QED) is 0.585. The number of aryl methyl sites for hydroxylation is 2. The Morgan fingerprint density at radius 2 is 1.92 bits per heavy atom. The van der Waals surface area contributed by atoms with Crippen molar-refractivity contribution in [3.8, 4) is 11.5 Å². The molecule has 0 aliphatic heterocycles. The summed E-state index contributed by atoms with van der Waals surface area (Å²) in [6.45, 7) is 6.24. The summed E-state index contributed by atoms with van der Waals surface area (Å²) in [5, 5.41) is 15.5. The van der Waals surface area contributed by atoms with Gasteiger partial charge in [-0.15, -0.1) is 0 Å². The number of phenolic OH excluding ortho intramolecular Hbond substituents is 1. The number of phenols is 1. The molecule has 2 aromatic carbocycles. The molecule has 5 nitrogen and oxygen atoms in total. The van der Waals surface area contributed by atoms with E-state index in [9.17, 15) is 9.90 Å². The van der Waals surface area contributed by atoms with Crippen molar-refractivity contribution in [1.82, 2.24) is 5.32 Å². The molecule has 126 valence electrons. The van der Waals surface area contributed by atoms with E-state index in [1.807, 2.05) is 20.8 Å². The van der Waals surface area contributed by atoms with Gasteiger partial charge < -0.3 is 15.2 Å². The van der Waals surface area contributed by atoms with Crippen LogP contribution in [0.25, 0.3) is 0 Å². The van der Waals surface area contributed by atoms with Gasteiger partial charge in [0.1, 0.15) is 11.5 Å². The highest BCUT2D eigenvalue weighted by Crippen LogP contribution is 2.26. The zero-order chi connectivity index (χ0) is 17.7. The molecule has 6 heteroatoms. The second-order valence-electron chi connectivity index (χ2n) is 5.32. The molecule has 0 unspecified atom stereocenters. The molecule has 0 spiro atoms. The van der Waals surface area contributed by atoms with E-state index in [1.54, 1.807) is 36.4 Å². The molecule has 0 radical (unpaired) electrons. The van der Waals surface area contributed by atoms with Crippen molar-refractivity contribution in [2.45, 2.75) is 20.8 Å².